The first-order valence-electron chi connectivity index (χ1n) is 12.9. The maximum atomic E-state index is 14.2. The van der Waals surface area contributed by atoms with Gasteiger partial charge in [0.25, 0.3) is 5.91 Å². The second-order valence-electron chi connectivity index (χ2n) is 8.82. The molecular weight excluding hydrogens is 581 g/mol. The van der Waals surface area contributed by atoms with Crippen LogP contribution in [-0.2, 0) is 13.2 Å². The van der Waals surface area contributed by atoms with Crippen LogP contribution in [0.3, 0.4) is 0 Å². The van der Waals surface area contributed by atoms with Crippen molar-refractivity contribution in [2.24, 2.45) is 5.10 Å². The van der Waals surface area contributed by atoms with Crippen LogP contribution in [0.5, 0.6) is 11.5 Å². The average Bonchev–Trinajstić information content (AvgIpc) is 3.63. The lowest BCUT2D eigenvalue weighted by Gasteiger charge is -2.13. The van der Waals surface area contributed by atoms with E-state index in [0.717, 1.165) is 5.69 Å². The number of amides is 1. The molecule has 4 N–H and O–H groups in total. The fourth-order valence-corrected chi connectivity index (χ4v) is 4.13. The van der Waals surface area contributed by atoms with Crippen molar-refractivity contribution in [3.63, 3.8) is 0 Å². The molecule has 0 saturated heterocycles. The number of hydrogen-bond donors (Lipinski definition) is 3. The Kier molecular flexibility index (Phi) is 9.07. The van der Waals surface area contributed by atoms with Gasteiger partial charge >= 0.3 is 0 Å². The SMILES string of the molecule is CCOc1cc(/C=N\NC(=O)c2nnn(-c3nonc3N)c2CNc2ccccc2)ccc1OCc1c(F)cccc1Cl. The molecule has 0 atom stereocenters. The number of nitrogens with zero attached hydrogens (tertiary/aromatic N) is 6. The molecule has 0 unspecified atom stereocenters. The minimum absolute atomic E-state index is 0.0199. The number of carbonyl (C=O) groups excluding carboxylic acids is 1. The topological polar surface area (TPSA) is 168 Å². The van der Waals surface area contributed by atoms with Crippen molar-refractivity contribution in [1.82, 2.24) is 30.7 Å². The van der Waals surface area contributed by atoms with E-state index in [9.17, 15) is 9.18 Å². The van der Waals surface area contributed by atoms with Gasteiger partial charge in [-0.15, -0.1) is 5.10 Å². The maximum Gasteiger partial charge on any atom is 0.293 e. The maximum absolute atomic E-state index is 14.2. The van der Waals surface area contributed by atoms with E-state index in [1.165, 1.54) is 23.0 Å². The second kappa shape index (κ2) is 13.4. The lowest BCUT2D eigenvalue weighted by molar-refractivity contribution is 0.0949. The zero-order valence-electron chi connectivity index (χ0n) is 22.7. The number of rotatable bonds is 12. The Hall–Kier alpha value is -5.50. The van der Waals surface area contributed by atoms with Gasteiger partial charge in [-0.2, -0.15) is 9.78 Å². The largest absolute Gasteiger partial charge is 0.490 e. The van der Waals surface area contributed by atoms with Crippen molar-refractivity contribution in [2.45, 2.75) is 20.1 Å². The molecule has 5 aromatic rings. The molecule has 0 aliphatic carbocycles. The summed E-state index contributed by atoms with van der Waals surface area (Å²) in [5, 5.41) is 22.9. The van der Waals surface area contributed by atoms with Gasteiger partial charge < -0.3 is 20.5 Å². The molecule has 220 valence electrons. The highest BCUT2D eigenvalue weighted by atomic mass is 35.5. The van der Waals surface area contributed by atoms with E-state index >= 15 is 0 Å². The molecule has 5 rings (SSSR count). The smallest absolute Gasteiger partial charge is 0.293 e. The Morgan fingerprint density at radius 2 is 1.95 bits per heavy atom. The number of para-hydroxylation sites is 1. The van der Waals surface area contributed by atoms with Gasteiger partial charge in [0.05, 0.1) is 30.1 Å². The first-order valence-corrected chi connectivity index (χ1v) is 13.3. The van der Waals surface area contributed by atoms with Crippen LogP contribution in [0, 0.1) is 5.82 Å². The van der Waals surface area contributed by atoms with Crippen LogP contribution in [0.1, 0.15) is 34.2 Å². The molecule has 43 heavy (non-hydrogen) atoms. The number of carbonyl (C=O) groups is 1. The third-order valence-corrected chi connectivity index (χ3v) is 6.34. The van der Waals surface area contributed by atoms with Crippen LogP contribution in [0.2, 0.25) is 5.02 Å². The normalized spacial score (nSPS) is 11.0. The highest BCUT2D eigenvalue weighted by molar-refractivity contribution is 6.31. The summed E-state index contributed by atoms with van der Waals surface area (Å²) >= 11 is 6.11. The van der Waals surface area contributed by atoms with Crippen LogP contribution >= 0.6 is 11.6 Å². The van der Waals surface area contributed by atoms with Gasteiger partial charge in [0, 0.05) is 11.3 Å². The fourth-order valence-electron chi connectivity index (χ4n) is 3.92. The lowest BCUT2D eigenvalue weighted by atomic mass is 10.2. The van der Waals surface area contributed by atoms with Crippen molar-refractivity contribution in [1.29, 1.82) is 0 Å². The molecule has 2 heterocycles. The lowest BCUT2D eigenvalue weighted by Crippen LogP contribution is -2.21. The number of ether oxygens (including phenoxy) is 2. The van der Waals surface area contributed by atoms with E-state index < -0.39 is 11.7 Å². The highest BCUT2D eigenvalue weighted by Gasteiger charge is 2.24. The Morgan fingerprint density at radius 1 is 1.12 bits per heavy atom. The summed E-state index contributed by atoms with van der Waals surface area (Å²) in [4.78, 5) is 13.1. The number of benzene rings is 3. The molecule has 0 bridgehead atoms. The summed E-state index contributed by atoms with van der Waals surface area (Å²) in [7, 11) is 0. The van der Waals surface area contributed by atoms with Gasteiger partial charge in [-0.25, -0.2) is 14.4 Å². The number of nitrogen functional groups attached to an aromatic ring is 1. The van der Waals surface area contributed by atoms with Gasteiger partial charge in [0.1, 0.15) is 12.4 Å². The van der Waals surface area contributed by atoms with Crippen molar-refractivity contribution in [3.05, 3.63) is 100 Å². The first kappa shape index (κ1) is 29.0. The quantitative estimate of drug-likeness (QED) is 0.137. The Labute approximate surface area is 249 Å². The third kappa shape index (κ3) is 6.87. The average molecular weight is 606 g/mol. The Bertz CT molecular complexity index is 1720. The first-order chi connectivity index (χ1) is 20.9. The standard InChI is InChI=1S/C28H25ClFN9O4/c1-2-41-24-13-17(11-12-23(24)42-16-19-20(29)9-6-10-21(19)30)14-33-35-28(40)25-22(15-32-18-7-4-3-5-8-18)39(38-34-25)27-26(31)36-43-37-27/h3-14,32H,2,15-16H2,1H3,(H2,31,36)(H,35,40)/b33-14-. The highest BCUT2D eigenvalue weighted by Crippen LogP contribution is 2.30. The van der Waals surface area contributed by atoms with Crippen LogP contribution in [-0.4, -0.2) is 44.0 Å². The Morgan fingerprint density at radius 3 is 2.70 bits per heavy atom. The molecule has 3 aromatic carbocycles. The molecule has 0 saturated carbocycles. The van der Waals surface area contributed by atoms with Gasteiger partial charge in [0.2, 0.25) is 11.6 Å². The predicted octanol–water partition coefficient (Wildman–Crippen LogP) is 4.38. The van der Waals surface area contributed by atoms with Crippen molar-refractivity contribution in [2.75, 3.05) is 17.7 Å². The number of nitrogens with two attached hydrogens (primary N) is 1. The molecule has 0 aliphatic rings. The van der Waals surface area contributed by atoms with Crippen molar-refractivity contribution < 1.29 is 23.3 Å². The van der Waals surface area contributed by atoms with E-state index in [0.29, 0.717) is 29.4 Å². The van der Waals surface area contributed by atoms with Gasteiger partial charge in [-0.3, -0.25) is 4.79 Å². The molecule has 15 heteroatoms. The van der Waals surface area contributed by atoms with E-state index in [1.807, 2.05) is 37.3 Å². The van der Waals surface area contributed by atoms with E-state index in [-0.39, 0.29) is 41.1 Å². The number of anilines is 2. The molecule has 0 aliphatic heterocycles. The minimum Gasteiger partial charge on any atom is -0.490 e. The van der Waals surface area contributed by atoms with Crippen LogP contribution in [0.25, 0.3) is 5.82 Å². The zero-order chi connectivity index (χ0) is 30.2. The third-order valence-electron chi connectivity index (χ3n) is 5.99. The van der Waals surface area contributed by atoms with Gasteiger partial charge in [-0.1, -0.05) is 41.1 Å². The molecule has 1 amide bonds. The monoisotopic (exact) mass is 605 g/mol. The molecule has 0 radical (unpaired) electrons. The minimum atomic E-state index is -0.630. The molecular formula is C28H25ClFN9O4. The fraction of sp³-hybridized carbons (Fsp3) is 0.143. The summed E-state index contributed by atoms with van der Waals surface area (Å²) in [6.07, 6.45) is 1.42. The number of hydrogen-bond acceptors (Lipinski definition) is 11. The summed E-state index contributed by atoms with van der Waals surface area (Å²) in [6.45, 7) is 2.23. The molecule has 13 nitrogen and oxygen atoms in total. The van der Waals surface area contributed by atoms with E-state index in [2.05, 4.69) is 41.1 Å². The number of hydrazone groups is 1. The number of nitrogens with one attached hydrogen (secondary N) is 2. The summed E-state index contributed by atoms with van der Waals surface area (Å²) in [5.41, 5.74) is 10.3. The van der Waals surface area contributed by atoms with E-state index in [4.69, 9.17) is 26.8 Å². The number of halogens is 2. The van der Waals surface area contributed by atoms with E-state index in [1.54, 1.807) is 24.3 Å². The second-order valence-corrected chi connectivity index (χ2v) is 9.22. The summed E-state index contributed by atoms with van der Waals surface area (Å²) in [5.74, 6) is -0.245. The van der Waals surface area contributed by atoms with Gasteiger partial charge in [0.15, 0.2) is 17.2 Å². The van der Waals surface area contributed by atoms with Gasteiger partial charge in [-0.05, 0) is 65.3 Å². The molecule has 0 fully saturated rings. The molecule has 2 aromatic heterocycles. The van der Waals surface area contributed by atoms with Crippen LogP contribution in [0.15, 0.2) is 76.5 Å². The Balaban J connectivity index is 1.30. The van der Waals surface area contributed by atoms with Crippen molar-refractivity contribution >= 4 is 35.2 Å². The van der Waals surface area contributed by atoms with Crippen LogP contribution < -0.4 is 25.9 Å². The van der Waals surface area contributed by atoms with Crippen molar-refractivity contribution in [3.8, 4) is 17.3 Å². The molecule has 0 spiro atoms. The zero-order valence-corrected chi connectivity index (χ0v) is 23.5. The predicted molar refractivity (Wildman–Crippen MR) is 156 cm³/mol. The summed E-state index contributed by atoms with van der Waals surface area (Å²) in [6, 6.07) is 18.8. The number of aromatic nitrogens is 5. The van der Waals surface area contributed by atoms with Crippen LogP contribution in [0.4, 0.5) is 15.9 Å². The summed E-state index contributed by atoms with van der Waals surface area (Å²) < 4.78 is 31.6.